The molecule has 0 aliphatic heterocycles. The van der Waals surface area contributed by atoms with Crippen LogP contribution in [-0.4, -0.2) is 33.9 Å². The summed E-state index contributed by atoms with van der Waals surface area (Å²) in [7, 11) is 0. The fourth-order valence-electron chi connectivity index (χ4n) is 1.62. The quantitative estimate of drug-likeness (QED) is 0.364. The maximum Gasteiger partial charge on any atom is 0.332 e. The van der Waals surface area contributed by atoms with Gasteiger partial charge < -0.3 is 16.4 Å². The van der Waals surface area contributed by atoms with Gasteiger partial charge in [0.2, 0.25) is 17.7 Å². The van der Waals surface area contributed by atoms with E-state index in [0.29, 0.717) is 25.5 Å². The molecule has 0 atom stereocenters. The zero-order chi connectivity index (χ0) is 15.1. The Morgan fingerprint density at radius 2 is 2.10 bits per heavy atom. The first kappa shape index (κ1) is 15.6. The number of hydrogen-bond acceptors (Lipinski definition) is 7. The lowest BCUT2D eigenvalue weighted by Crippen LogP contribution is -2.15. The first-order chi connectivity index (χ1) is 9.45. The van der Waals surface area contributed by atoms with Crippen LogP contribution >= 0.6 is 0 Å². The number of nitrogens with one attached hydrogen (secondary N) is 2. The van der Waals surface area contributed by atoms with Crippen LogP contribution in [0.25, 0.3) is 0 Å². The molecule has 1 heterocycles. The van der Waals surface area contributed by atoms with Crippen molar-refractivity contribution < 1.29 is 9.72 Å². The van der Waals surface area contributed by atoms with Crippen molar-refractivity contribution in [2.24, 2.45) is 5.73 Å². The molecule has 0 unspecified atom stereocenters. The van der Waals surface area contributed by atoms with Gasteiger partial charge in [-0.2, -0.15) is 4.98 Å². The number of rotatable bonds is 8. The lowest BCUT2D eigenvalue weighted by atomic mass is 10.3. The first-order valence-electron chi connectivity index (χ1n) is 6.24. The largest absolute Gasteiger partial charge is 0.370 e. The van der Waals surface area contributed by atoms with Crippen molar-refractivity contribution >= 4 is 23.4 Å². The summed E-state index contributed by atoms with van der Waals surface area (Å²) in [5, 5.41) is 16.8. The van der Waals surface area contributed by atoms with Crippen LogP contribution in [0.5, 0.6) is 0 Å². The number of nitrogens with zero attached hydrogens (tertiary/aromatic N) is 3. The molecule has 4 N–H and O–H groups in total. The summed E-state index contributed by atoms with van der Waals surface area (Å²) in [4.78, 5) is 29.2. The zero-order valence-electron chi connectivity index (χ0n) is 11.5. The Bertz CT molecular complexity index is 505. The molecular formula is C11H18N6O3. The van der Waals surface area contributed by atoms with Crippen molar-refractivity contribution in [3.63, 3.8) is 0 Å². The summed E-state index contributed by atoms with van der Waals surface area (Å²) in [5.74, 6) is 0.0597. The topological polar surface area (TPSA) is 136 Å². The third-order valence-electron chi connectivity index (χ3n) is 2.47. The second-order valence-electron chi connectivity index (χ2n) is 4.11. The molecule has 0 aliphatic carbocycles. The molecule has 110 valence electrons. The number of nitro groups is 1. The Hall–Kier alpha value is -2.45. The summed E-state index contributed by atoms with van der Waals surface area (Å²) in [6.45, 7) is 4.40. The highest BCUT2D eigenvalue weighted by atomic mass is 16.6. The summed E-state index contributed by atoms with van der Waals surface area (Å²) in [6.07, 6.45) is 0.691. The lowest BCUT2D eigenvalue weighted by molar-refractivity contribution is -0.385. The summed E-state index contributed by atoms with van der Waals surface area (Å²) >= 11 is 0. The third-order valence-corrected chi connectivity index (χ3v) is 2.47. The SMILES string of the molecule is CCNc1nc(C)c([N+](=O)[O-])c(NCCCC(N)=O)n1. The molecule has 0 fully saturated rings. The van der Waals surface area contributed by atoms with Gasteiger partial charge in [0, 0.05) is 19.5 Å². The number of amides is 1. The van der Waals surface area contributed by atoms with Gasteiger partial charge in [-0.15, -0.1) is 0 Å². The van der Waals surface area contributed by atoms with E-state index in [1.54, 1.807) is 6.92 Å². The van der Waals surface area contributed by atoms with E-state index in [1.807, 2.05) is 6.92 Å². The first-order valence-corrected chi connectivity index (χ1v) is 6.24. The number of anilines is 2. The van der Waals surface area contributed by atoms with Crippen molar-refractivity contribution in [2.75, 3.05) is 23.7 Å². The lowest BCUT2D eigenvalue weighted by Gasteiger charge is -2.09. The van der Waals surface area contributed by atoms with Crippen LogP contribution in [0, 0.1) is 17.0 Å². The van der Waals surface area contributed by atoms with Crippen LogP contribution in [-0.2, 0) is 4.79 Å². The molecule has 1 aromatic rings. The molecule has 0 radical (unpaired) electrons. The van der Waals surface area contributed by atoms with Crippen LogP contribution in [0.3, 0.4) is 0 Å². The molecule has 9 nitrogen and oxygen atoms in total. The van der Waals surface area contributed by atoms with Crippen LogP contribution in [0.4, 0.5) is 17.5 Å². The van der Waals surface area contributed by atoms with Gasteiger partial charge in [-0.05, 0) is 20.3 Å². The third kappa shape index (κ3) is 4.34. The predicted molar refractivity (Wildman–Crippen MR) is 74.5 cm³/mol. The minimum Gasteiger partial charge on any atom is -0.370 e. The molecule has 20 heavy (non-hydrogen) atoms. The summed E-state index contributed by atoms with van der Waals surface area (Å²) in [5.41, 5.74) is 5.14. The van der Waals surface area contributed by atoms with E-state index in [9.17, 15) is 14.9 Å². The van der Waals surface area contributed by atoms with Crippen molar-refractivity contribution in [1.82, 2.24) is 9.97 Å². The van der Waals surface area contributed by atoms with Gasteiger partial charge in [-0.25, -0.2) is 4.98 Å². The van der Waals surface area contributed by atoms with E-state index >= 15 is 0 Å². The van der Waals surface area contributed by atoms with Gasteiger partial charge in [-0.3, -0.25) is 14.9 Å². The van der Waals surface area contributed by atoms with Gasteiger partial charge in [0.1, 0.15) is 5.69 Å². The molecule has 0 bridgehead atoms. The normalized spacial score (nSPS) is 10.1. The Morgan fingerprint density at radius 3 is 2.65 bits per heavy atom. The molecular weight excluding hydrogens is 264 g/mol. The fraction of sp³-hybridized carbons (Fsp3) is 0.545. The summed E-state index contributed by atoms with van der Waals surface area (Å²) in [6, 6.07) is 0. The van der Waals surface area contributed by atoms with Gasteiger partial charge in [0.05, 0.1) is 4.92 Å². The van der Waals surface area contributed by atoms with Crippen molar-refractivity contribution in [2.45, 2.75) is 26.7 Å². The Labute approximate surface area is 116 Å². The number of hydrogen-bond donors (Lipinski definition) is 3. The van der Waals surface area contributed by atoms with Crippen LogP contribution in [0.2, 0.25) is 0 Å². The molecule has 1 aromatic heterocycles. The molecule has 0 saturated carbocycles. The second kappa shape index (κ2) is 7.22. The number of carbonyl (C=O) groups excluding carboxylic acids is 1. The van der Waals surface area contributed by atoms with E-state index in [4.69, 9.17) is 5.73 Å². The highest BCUT2D eigenvalue weighted by Crippen LogP contribution is 2.26. The number of aryl methyl sites for hydroxylation is 1. The Balaban J connectivity index is 2.89. The zero-order valence-corrected chi connectivity index (χ0v) is 11.5. The monoisotopic (exact) mass is 282 g/mol. The summed E-state index contributed by atoms with van der Waals surface area (Å²) < 4.78 is 0. The van der Waals surface area contributed by atoms with Gasteiger partial charge >= 0.3 is 5.69 Å². The minimum atomic E-state index is -0.526. The number of aromatic nitrogens is 2. The molecule has 0 saturated heterocycles. The molecule has 0 spiro atoms. The molecule has 0 aliphatic rings. The van der Waals surface area contributed by atoms with Crippen LogP contribution < -0.4 is 16.4 Å². The minimum absolute atomic E-state index is 0.142. The van der Waals surface area contributed by atoms with Gasteiger partial charge in [0.15, 0.2) is 0 Å². The van der Waals surface area contributed by atoms with Gasteiger partial charge in [-0.1, -0.05) is 0 Å². The smallest absolute Gasteiger partial charge is 0.332 e. The van der Waals surface area contributed by atoms with E-state index in [-0.39, 0.29) is 23.6 Å². The molecule has 0 aromatic carbocycles. The van der Waals surface area contributed by atoms with E-state index in [0.717, 1.165) is 0 Å². The standard InChI is InChI=1S/C11H18N6O3/c1-3-13-11-15-7(2)9(17(19)20)10(16-11)14-6-4-5-8(12)18/h3-6H2,1-2H3,(H2,12,18)(H2,13,14,15,16). The highest BCUT2D eigenvalue weighted by molar-refractivity contribution is 5.73. The average molecular weight is 282 g/mol. The van der Waals surface area contributed by atoms with Crippen LogP contribution in [0.1, 0.15) is 25.5 Å². The molecule has 1 rings (SSSR count). The molecule has 1 amide bonds. The van der Waals surface area contributed by atoms with E-state index < -0.39 is 10.8 Å². The van der Waals surface area contributed by atoms with Crippen molar-refractivity contribution in [3.8, 4) is 0 Å². The number of nitrogens with two attached hydrogens (primary N) is 1. The maximum atomic E-state index is 11.0. The average Bonchev–Trinajstić information content (AvgIpc) is 2.33. The second-order valence-corrected chi connectivity index (χ2v) is 4.11. The Morgan fingerprint density at radius 1 is 1.40 bits per heavy atom. The molecule has 9 heteroatoms. The fourth-order valence-corrected chi connectivity index (χ4v) is 1.62. The maximum absolute atomic E-state index is 11.0. The predicted octanol–water partition coefficient (Wildman–Crippen LogP) is 0.802. The van der Waals surface area contributed by atoms with Crippen molar-refractivity contribution in [1.29, 1.82) is 0 Å². The van der Waals surface area contributed by atoms with E-state index in [1.165, 1.54) is 0 Å². The van der Waals surface area contributed by atoms with Crippen LogP contribution in [0.15, 0.2) is 0 Å². The van der Waals surface area contributed by atoms with E-state index in [2.05, 4.69) is 20.6 Å². The Kier molecular flexibility index (Phi) is 5.63. The number of primary amides is 1. The van der Waals surface area contributed by atoms with Gasteiger partial charge in [0.25, 0.3) is 0 Å². The number of carbonyl (C=O) groups is 1. The van der Waals surface area contributed by atoms with Crippen molar-refractivity contribution in [3.05, 3.63) is 15.8 Å². The highest BCUT2D eigenvalue weighted by Gasteiger charge is 2.21.